The molecule has 0 bridgehead atoms. The van der Waals surface area contributed by atoms with Gasteiger partial charge in [0.2, 0.25) is 11.8 Å². The first-order valence-corrected chi connectivity index (χ1v) is 6.45. The molecule has 7 nitrogen and oxygen atoms in total. The van der Waals surface area contributed by atoms with Crippen molar-refractivity contribution < 1.29 is 32.3 Å². The molecule has 1 aliphatic rings. The van der Waals surface area contributed by atoms with Crippen molar-refractivity contribution in [1.82, 2.24) is 10.6 Å². The van der Waals surface area contributed by atoms with Gasteiger partial charge in [-0.25, -0.2) is 0 Å². The third kappa shape index (κ3) is 4.34. The number of hydrogen-bond donors (Lipinski definition) is 3. The summed E-state index contributed by atoms with van der Waals surface area (Å²) in [6.45, 7) is 0. The summed E-state index contributed by atoms with van der Waals surface area (Å²) in [5.74, 6) is -2.60. The molecular weight excluding hydrogens is 319 g/mol. The van der Waals surface area contributed by atoms with E-state index < -0.39 is 35.9 Å². The summed E-state index contributed by atoms with van der Waals surface area (Å²) < 4.78 is 40.3. The predicted molar refractivity (Wildman–Crippen MR) is 71.2 cm³/mol. The number of nitrogens with one attached hydrogen (secondary N) is 2. The third-order valence-corrected chi connectivity index (χ3v) is 3.05. The first-order chi connectivity index (χ1) is 10.7. The van der Waals surface area contributed by atoms with Gasteiger partial charge in [0.05, 0.1) is 5.56 Å². The molecule has 3 amide bonds. The zero-order chi connectivity index (χ0) is 17.2. The Bertz CT molecular complexity index is 660. The number of amides is 3. The number of anilines is 1. The number of benzene rings is 1. The van der Waals surface area contributed by atoms with Gasteiger partial charge in [-0.1, -0.05) is 0 Å². The smallest absolute Gasteiger partial charge is 0.406 e. The van der Waals surface area contributed by atoms with E-state index in [9.17, 15) is 27.6 Å². The van der Waals surface area contributed by atoms with Gasteiger partial charge in [-0.2, -0.15) is 0 Å². The summed E-state index contributed by atoms with van der Waals surface area (Å²) in [6, 6.07) is 1.91. The molecule has 1 aliphatic heterocycles. The molecule has 0 aromatic heterocycles. The second-order valence-electron chi connectivity index (χ2n) is 4.77. The minimum atomic E-state index is -4.91. The van der Waals surface area contributed by atoms with E-state index in [1.165, 1.54) is 0 Å². The number of carbonyl (C=O) groups excluding carboxylic acids is 3. The number of halogens is 3. The molecule has 0 spiro atoms. The van der Waals surface area contributed by atoms with E-state index in [0.717, 1.165) is 18.2 Å². The van der Waals surface area contributed by atoms with Gasteiger partial charge < -0.3 is 15.8 Å². The number of hydrogen-bond acceptors (Lipinski definition) is 5. The number of ether oxygens (including phenoxy) is 1. The highest BCUT2D eigenvalue weighted by Gasteiger charge is 2.32. The van der Waals surface area contributed by atoms with Crippen LogP contribution in [-0.4, -0.2) is 30.1 Å². The maximum absolute atomic E-state index is 12.2. The monoisotopic (exact) mass is 331 g/mol. The largest absolute Gasteiger partial charge is 0.573 e. The Morgan fingerprint density at radius 2 is 2.04 bits per heavy atom. The number of piperidine rings is 1. The molecule has 23 heavy (non-hydrogen) atoms. The molecule has 0 saturated carbocycles. The van der Waals surface area contributed by atoms with Gasteiger partial charge in [0.25, 0.3) is 5.91 Å². The van der Waals surface area contributed by atoms with E-state index in [4.69, 9.17) is 5.73 Å². The van der Waals surface area contributed by atoms with Crippen molar-refractivity contribution in [3.05, 3.63) is 23.8 Å². The lowest BCUT2D eigenvalue weighted by Crippen LogP contribution is -2.52. The van der Waals surface area contributed by atoms with Crippen molar-refractivity contribution >= 4 is 23.4 Å². The lowest BCUT2D eigenvalue weighted by atomic mass is 10.0. The maximum Gasteiger partial charge on any atom is 0.573 e. The molecule has 0 aliphatic carbocycles. The van der Waals surface area contributed by atoms with E-state index in [-0.39, 0.29) is 24.1 Å². The van der Waals surface area contributed by atoms with Crippen molar-refractivity contribution in [3.8, 4) is 5.75 Å². The lowest BCUT2D eigenvalue weighted by molar-refractivity contribution is -0.274. The summed E-state index contributed by atoms with van der Waals surface area (Å²) in [7, 11) is 0. The molecule has 10 heteroatoms. The molecule has 1 aromatic rings. The van der Waals surface area contributed by atoms with Crippen LogP contribution in [0, 0.1) is 0 Å². The zero-order valence-corrected chi connectivity index (χ0v) is 11.6. The molecule has 1 heterocycles. The Kier molecular flexibility index (Phi) is 4.43. The fourth-order valence-electron chi connectivity index (χ4n) is 2.00. The zero-order valence-electron chi connectivity index (χ0n) is 11.6. The summed E-state index contributed by atoms with van der Waals surface area (Å²) in [6.07, 6.45) is -4.77. The number of nitrogens with two attached hydrogens (primary N) is 1. The Balaban J connectivity index is 2.14. The van der Waals surface area contributed by atoms with Crippen LogP contribution in [0.15, 0.2) is 18.2 Å². The van der Waals surface area contributed by atoms with Gasteiger partial charge in [-0.05, 0) is 24.6 Å². The molecule has 1 unspecified atom stereocenters. The summed E-state index contributed by atoms with van der Waals surface area (Å²) in [5.41, 5.74) is 5.22. The fourth-order valence-corrected chi connectivity index (χ4v) is 2.00. The molecule has 4 N–H and O–H groups in total. The minimum Gasteiger partial charge on any atom is -0.406 e. The van der Waals surface area contributed by atoms with E-state index in [1.54, 1.807) is 0 Å². The van der Waals surface area contributed by atoms with Crippen LogP contribution in [0.4, 0.5) is 18.9 Å². The van der Waals surface area contributed by atoms with E-state index in [1.807, 2.05) is 5.32 Å². The van der Waals surface area contributed by atoms with Gasteiger partial charge in [-0.15, -0.1) is 13.2 Å². The van der Waals surface area contributed by atoms with Gasteiger partial charge in [0.1, 0.15) is 11.8 Å². The fraction of sp³-hybridized carbons (Fsp3) is 0.308. The molecule has 1 fully saturated rings. The number of carbonyl (C=O) groups is 3. The highest BCUT2D eigenvalue weighted by atomic mass is 19.4. The van der Waals surface area contributed by atoms with Crippen LogP contribution >= 0.6 is 0 Å². The number of nitrogen functional groups attached to an aromatic ring is 1. The van der Waals surface area contributed by atoms with Crippen molar-refractivity contribution in [2.24, 2.45) is 0 Å². The van der Waals surface area contributed by atoms with Crippen molar-refractivity contribution in [1.29, 1.82) is 0 Å². The Morgan fingerprint density at radius 3 is 2.65 bits per heavy atom. The molecule has 124 valence electrons. The Hall–Kier alpha value is -2.78. The molecular formula is C13H12F3N3O4. The van der Waals surface area contributed by atoms with Gasteiger partial charge in [-0.3, -0.25) is 19.7 Å². The first-order valence-electron chi connectivity index (χ1n) is 6.45. The molecule has 1 atom stereocenters. The summed E-state index contributed by atoms with van der Waals surface area (Å²) >= 11 is 0. The number of imide groups is 1. The van der Waals surface area contributed by atoms with Crippen molar-refractivity contribution in [3.63, 3.8) is 0 Å². The van der Waals surface area contributed by atoms with E-state index >= 15 is 0 Å². The maximum atomic E-state index is 12.2. The first kappa shape index (κ1) is 16.6. The summed E-state index contributed by atoms with van der Waals surface area (Å²) in [4.78, 5) is 34.7. The predicted octanol–water partition coefficient (Wildman–Crippen LogP) is 0.702. The SMILES string of the molecule is Nc1ccc(OC(F)(F)F)cc1C(=O)NC1CCC(=O)NC1=O. The van der Waals surface area contributed by atoms with Crippen LogP contribution < -0.4 is 21.1 Å². The van der Waals surface area contributed by atoms with Gasteiger partial charge >= 0.3 is 6.36 Å². The van der Waals surface area contributed by atoms with Crippen molar-refractivity contribution in [2.45, 2.75) is 25.2 Å². The minimum absolute atomic E-state index is 0.0450. The second-order valence-corrected chi connectivity index (χ2v) is 4.77. The standard InChI is InChI=1S/C13H12F3N3O4/c14-13(15,16)23-6-1-2-8(17)7(5-6)11(21)18-9-3-4-10(20)19-12(9)22/h1-2,5,9H,3-4,17H2,(H,18,21)(H,19,20,22). The van der Waals surface area contributed by atoms with Crippen LogP contribution in [0.3, 0.4) is 0 Å². The van der Waals surface area contributed by atoms with E-state index in [2.05, 4.69) is 10.1 Å². The molecule has 2 rings (SSSR count). The quantitative estimate of drug-likeness (QED) is 0.558. The molecule has 1 aromatic carbocycles. The third-order valence-electron chi connectivity index (χ3n) is 3.05. The van der Waals surface area contributed by atoms with E-state index in [0.29, 0.717) is 0 Å². The topological polar surface area (TPSA) is 111 Å². The van der Waals surface area contributed by atoms with Gasteiger partial charge in [0.15, 0.2) is 0 Å². The molecule has 0 radical (unpaired) electrons. The van der Waals surface area contributed by atoms with Gasteiger partial charge in [0, 0.05) is 12.1 Å². The van der Waals surface area contributed by atoms with Crippen molar-refractivity contribution in [2.75, 3.05) is 5.73 Å². The van der Waals surface area contributed by atoms with Crippen LogP contribution in [0.5, 0.6) is 5.75 Å². The average Bonchev–Trinajstić information content (AvgIpc) is 2.42. The molecule has 1 saturated heterocycles. The van der Waals surface area contributed by atoms with Crippen LogP contribution in [0.25, 0.3) is 0 Å². The highest BCUT2D eigenvalue weighted by molar-refractivity contribution is 6.05. The number of rotatable bonds is 3. The second kappa shape index (κ2) is 6.15. The highest BCUT2D eigenvalue weighted by Crippen LogP contribution is 2.26. The number of alkyl halides is 3. The average molecular weight is 331 g/mol. The van der Waals surface area contributed by atoms with Crippen LogP contribution in [-0.2, 0) is 9.59 Å². The van der Waals surface area contributed by atoms with Crippen LogP contribution in [0.2, 0.25) is 0 Å². The lowest BCUT2D eigenvalue weighted by Gasteiger charge is -2.22. The summed E-state index contributed by atoms with van der Waals surface area (Å²) in [5, 5.41) is 4.36. The normalized spacial score (nSPS) is 18.3. The Morgan fingerprint density at radius 1 is 1.35 bits per heavy atom. The Labute approximate surface area is 128 Å². The van der Waals surface area contributed by atoms with Crippen LogP contribution in [0.1, 0.15) is 23.2 Å².